The Balaban J connectivity index is 0. The molecule has 0 heterocycles. The van der Waals surface area contributed by atoms with Crippen molar-refractivity contribution in [3.63, 3.8) is 0 Å². The molecule has 0 bridgehead atoms. The van der Waals surface area contributed by atoms with Crippen LogP contribution in [-0.2, 0) is 263 Å². The molecule has 0 unspecified atom stereocenters. The van der Waals surface area contributed by atoms with Crippen LogP contribution in [-0.4, -0.2) is 49.6 Å². The average molecular weight is 1350 g/mol. The van der Waals surface area contributed by atoms with Crippen molar-refractivity contribution in [1.82, 2.24) is 0 Å². The summed E-state index contributed by atoms with van der Waals surface area (Å²) >= 11 is 9.55. The number of aliphatic carboxylic acids is 1. The Kier molecular flexibility index (Phi) is 61.5. The van der Waals surface area contributed by atoms with Gasteiger partial charge in [0.2, 0.25) is 0 Å². The van der Waals surface area contributed by atoms with Crippen molar-refractivity contribution in [3.05, 3.63) is 59.7 Å². The largest absolute Gasteiger partial charge is 0.496 e. The first-order valence-electron chi connectivity index (χ1n) is 17.3. The monoisotopic (exact) mass is 1350 g/mol. The van der Waals surface area contributed by atoms with Gasteiger partial charge in [-0.3, -0.25) is 9.59 Å². The topological polar surface area (TPSA) is 102 Å². The molecule has 2 N–H and O–H groups in total. The minimum Gasteiger partial charge on any atom is -0.496 e. The van der Waals surface area contributed by atoms with E-state index in [1.165, 1.54) is 57.0 Å². The summed E-state index contributed by atoms with van der Waals surface area (Å²) in [5.74, 6) is 0.329. The predicted molar refractivity (Wildman–Crippen MR) is 339 cm³/mol. The summed E-state index contributed by atoms with van der Waals surface area (Å²) < 4.78 is 15.4. The second-order valence-corrected chi connectivity index (χ2v) is 52.5. The molecule has 2 aromatic carbocycles. The van der Waals surface area contributed by atoms with Crippen LogP contribution in [0.2, 0.25) is 0 Å². The molecule has 0 fully saturated rings. The maximum Gasteiger partial charge on any atom is 0.310 e. The molecule has 0 radical (unpaired) electrons. The molecule has 0 saturated carbocycles. The maximum atomic E-state index is 11.6. The Labute approximate surface area is 450 Å². The fraction of sp³-hybridized carbons (Fsp3) is 0.533. The number of ether oxygens (including phenoxy) is 3. The number of benzene rings is 2. The standard InChI is InChI=1S/C15H22O3.C9H10O3.C6H14O.S26/c1-3-4-5-8-11-18-15(16)12-13-9-6-7-10-14(13)17-2;1-12-8-5-3-2-4-7(8)6-9(10)11;1-2-3-4-5-6-7;1-3-5-7-9-11-13-15-17-19-21-23-25-26-24-22-20-18-16-14-12-10-8-6-4-2/h6-7,9-10H,3-5,8,11-12H2,1-2H3;2-5H,6H2,1H3,(H,10,11);7H,2-6H2,1H3;. The van der Waals surface area contributed by atoms with Crippen LogP contribution in [0, 0.1) is 0 Å². The zero-order valence-corrected chi connectivity index (χ0v) is 54.9. The van der Waals surface area contributed by atoms with Crippen molar-refractivity contribution >= 4 is 247 Å². The van der Waals surface area contributed by atoms with Crippen LogP contribution in [0.5, 0.6) is 11.5 Å². The van der Waals surface area contributed by atoms with Gasteiger partial charge in [0.25, 0.3) is 0 Å². The molecule has 7 nitrogen and oxygen atoms in total. The Hall–Kier alpha value is 2.66. The molecule has 0 saturated heterocycles. The van der Waals surface area contributed by atoms with Crippen LogP contribution in [0.15, 0.2) is 48.5 Å². The lowest BCUT2D eigenvalue weighted by molar-refractivity contribution is -0.143. The van der Waals surface area contributed by atoms with Gasteiger partial charge in [-0.15, -0.1) is 0 Å². The third kappa shape index (κ3) is 50.8. The number of esters is 1. The molecule has 0 aromatic heterocycles. The predicted octanol–water partition coefficient (Wildman–Crippen LogP) is 6.18. The van der Waals surface area contributed by atoms with E-state index in [2.05, 4.69) is 13.8 Å². The highest BCUT2D eigenvalue weighted by molar-refractivity contribution is 8.79. The first kappa shape index (κ1) is 67.7. The molecule has 0 spiro atoms. The van der Waals surface area contributed by atoms with E-state index in [1.54, 1.807) is 150 Å². The van der Waals surface area contributed by atoms with Crippen molar-refractivity contribution in [1.29, 1.82) is 0 Å². The van der Waals surface area contributed by atoms with Gasteiger partial charge >= 0.3 is 11.9 Å². The number of methoxy groups -OCH3 is 2. The van der Waals surface area contributed by atoms with Crippen LogP contribution in [0.25, 0.3) is 0 Å². The highest BCUT2D eigenvalue weighted by atomic mass is 33.5. The first-order valence-corrected chi connectivity index (χ1v) is 50.6. The van der Waals surface area contributed by atoms with Gasteiger partial charge < -0.3 is 24.4 Å². The molecule has 2 aromatic rings. The third-order valence-corrected chi connectivity index (χ3v) is 57.1. The van der Waals surface area contributed by atoms with Gasteiger partial charge in [-0.25, -0.2) is 0 Å². The number of carboxylic acids is 1. The molecule has 0 amide bonds. The molecule has 63 heavy (non-hydrogen) atoms. The maximum absolute atomic E-state index is 11.6. The summed E-state index contributed by atoms with van der Waals surface area (Å²) in [6.45, 7) is 5.21. The number of rotatable bonds is 15. The molecule has 0 aliphatic heterocycles. The smallest absolute Gasteiger partial charge is 0.310 e. The number of para-hydroxylation sites is 2. The Bertz CT molecular complexity index is 2630. The third-order valence-electron chi connectivity index (χ3n) is 5.97. The van der Waals surface area contributed by atoms with Crippen LogP contribution in [0.3, 0.4) is 0 Å². The number of aliphatic hydroxyl groups is 1. The van der Waals surface area contributed by atoms with Gasteiger partial charge in [-0.05, 0) is 25.0 Å². The summed E-state index contributed by atoms with van der Waals surface area (Å²) in [5, 5.41) is 16.8. The number of unbranched alkanes of at least 4 members (excludes halogenated alkanes) is 6. The van der Waals surface area contributed by atoms with Gasteiger partial charge in [0.1, 0.15) is 11.5 Å². The van der Waals surface area contributed by atoms with E-state index in [0.29, 0.717) is 24.5 Å². The minimum atomic E-state index is -0.848. The highest BCUT2D eigenvalue weighted by Gasteiger charge is 2.09. The van der Waals surface area contributed by atoms with Gasteiger partial charge in [-0.2, -0.15) is 0 Å². The lowest BCUT2D eigenvalue weighted by atomic mass is 10.1. The number of carbonyl (C=O) groups excluding carboxylic acids is 1. The molecule has 33 heteroatoms. The summed E-state index contributed by atoms with van der Waals surface area (Å²) in [4.78, 5) is 22.0. The Morgan fingerprint density at radius 2 is 0.825 bits per heavy atom. The average Bonchev–Trinajstić information content (AvgIpc) is 3.29. The summed E-state index contributed by atoms with van der Waals surface area (Å²) in [7, 11) is 44.9. The Morgan fingerprint density at radius 1 is 0.492 bits per heavy atom. The first-order chi connectivity index (χ1) is 30.8. The van der Waals surface area contributed by atoms with Crippen molar-refractivity contribution in [2.45, 2.75) is 78.1 Å². The number of hydrogen-bond acceptors (Lipinski definition) is 8. The summed E-state index contributed by atoms with van der Waals surface area (Å²) in [6, 6.07) is 14.6. The fourth-order valence-electron chi connectivity index (χ4n) is 3.57. The van der Waals surface area contributed by atoms with E-state index in [9.17, 15) is 9.59 Å². The summed E-state index contributed by atoms with van der Waals surface area (Å²) in [5.41, 5.74) is 1.58. The van der Waals surface area contributed by atoms with E-state index in [4.69, 9.17) is 46.8 Å². The molecule has 0 aliphatic carbocycles. The van der Waals surface area contributed by atoms with Crippen LogP contribution >= 0.6 is 0 Å². The molecule has 0 atom stereocenters. The van der Waals surface area contributed by atoms with Crippen molar-refractivity contribution in [2.24, 2.45) is 0 Å². The van der Waals surface area contributed by atoms with Gasteiger partial charge in [0.05, 0.1) is 33.7 Å². The molecule has 2 rings (SSSR count). The van der Waals surface area contributed by atoms with E-state index < -0.39 is 5.97 Å². The zero-order valence-electron chi connectivity index (χ0n) is 33.7. The normalized spacial score (nSPS) is 8.84. The molecule has 0 aliphatic rings. The van der Waals surface area contributed by atoms with E-state index in [0.717, 1.165) is 30.6 Å². The van der Waals surface area contributed by atoms with E-state index in [-0.39, 0.29) is 18.8 Å². The lowest BCUT2D eigenvalue weighted by Gasteiger charge is -2.08. The zero-order chi connectivity index (χ0) is 46.7. The molecular weight excluding hydrogens is 1310 g/mol. The lowest BCUT2D eigenvalue weighted by Crippen LogP contribution is -2.09. The SMILES string of the molecule is CCCCCCO.CCCCCCOC(=O)Cc1ccccc1OC.COc1ccccc1CC(=O)O.S=S=S=S=S=S=S=S=S=S=S=S=S=S=S=S=S=S=S=S=S=S=S=S=S=S. The van der Waals surface area contributed by atoms with Gasteiger partial charge in [0.15, 0.2) is 0 Å². The quantitative estimate of drug-likeness (QED) is 0.160. The van der Waals surface area contributed by atoms with Gasteiger partial charge in [0, 0.05) is 253 Å². The number of aliphatic hydroxyl groups excluding tert-OH is 1. The second kappa shape index (κ2) is 57.2. The molecule has 364 valence electrons. The van der Waals surface area contributed by atoms with Crippen LogP contribution < -0.4 is 9.47 Å². The highest BCUT2D eigenvalue weighted by Crippen LogP contribution is 2.18. The van der Waals surface area contributed by atoms with Crippen LogP contribution in [0.4, 0.5) is 0 Å². The second-order valence-electron chi connectivity index (χ2n) is 10.1. The van der Waals surface area contributed by atoms with Crippen molar-refractivity contribution < 1.29 is 34.0 Å². The van der Waals surface area contributed by atoms with Crippen molar-refractivity contribution in [2.75, 3.05) is 27.4 Å². The van der Waals surface area contributed by atoms with Crippen LogP contribution in [0.1, 0.15) is 76.3 Å². The minimum absolute atomic E-state index is 0.00398. The fourth-order valence-corrected chi connectivity index (χ4v) is 63.9. The Morgan fingerprint density at radius 3 is 1.14 bits per heavy atom. The summed E-state index contributed by atoms with van der Waals surface area (Å²) in [6.07, 6.45) is 9.42. The van der Waals surface area contributed by atoms with E-state index in [1.807, 2.05) is 101 Å². The molecular formula is C30H46O7S26. The number of carbonyl (C=O) groups is 2. The number of hydrogen-bond donors (Lipinski definition) is 2. The van der Waals surface area contributed by atoms with E-state index >= 15 is 0 Å². The van der Waals surface area contributed by atoms with Gasteiger partial charge in [-0.1, -0.05) is 88.8 Å². The van der Waals surface area contributed by atoms with Crippen molar-refractivity contribution in [3.8, 4) is 11.5 Å². The number of carboxylic acid groups (broad SMARTS) is 1.